The summed E-state index contributed by atoms with van der Waals surface area (Å²) in [6.45, 7) is 16.3. The van der Waals surface area contributed by atoms with Crippen molar-refractivity contribution < 1.29 is 19.1 Å². The first-order chi connectivity index (χ1) is 32.7. The van der Waals surface area contributed by atoms with Crippen molar-refractivity contribution in [2.24, 2.45) is 10.9 Å². The summed E-state index contributed by atoms with van der Waals surface area (Å²) in [7, 11) is 3.74. The van der Waals surface area contributed by atoms with Gasteiger partial charge in [-0.15, -0.1) is 0 Å². The molecule has 0 aromatic heterocycles. The summed E-state index contributed by atoms with van der Waals surface area (Å²) >= 11 is 1.61. The lowest BCUT2D eigenvalue weighted by atomic mass is 9.70. The zero-order chi connectivity index (χ0) is 48.1. The lowest BCUT2D eigenvalue weighted by Crippen LogP contribution is -2.36. The number of allylic oxidation sites excluding steroid dienone is 1. The maximum Gasteiger partial charge on any atom is 0.150 e. The van der Waals surface area contributed by atoms with E-state index in [1.165, 1.54) is 48.8 Å². The molecule has 67 heavy (non-hydrogen) atoms. The van der Waals surface area contributed by atoms with E-state index in [1.54, 1.807) is 11.9 Å². The number of aliphatic imine (C=N–C) groups is 1. The molecule has 2 unspecified atom stereocenters. The number of anilines is 1. The number of hydrogen-bond acceptors (Lipinski definition) is 10. The van der Waals surface area contributed by atoms with Crippen LogP contribution in [0.25, 0.3) is 5.70 Å². The van der Waals surface area contributed by atoms with Crippen molar-refractivity contribution in [1.29, 1.82) is 0 Å². The Balaban J connectivity index is 1.02. The van der Waals surface area contributed by atoms with Crippen LogP contribution in [-0.2, 0) is 21.4 Å². The average Bonchev–Trinajstić information content (AvgIpc) is 3.60. The molecule has 4 rings (SSSR count). The molecule has 2 atom stereocenters. The SMILES string of the molecule is C=C(NC)C(CCC=O)N(C)C(=C)c1cc(NCCCCCOCCCCCCCCCOc2ccc(C(CC)(CC)c3ccc(CCC4C=CN=C(NSC)CC4)cc3)cc2)ccc1C=O. The Morgan fingerprint density at radius 1 is 0.881 bits per heavy atom. The Morgan fingerprint density at radius 3 is 2.15 bits per heavy atom. The van der Waals surface area contributed by atoms with E-state index in [0.717, 1.165) is 138 Å². The minimum absolute atomic E-state index is 0.00431. The number of benzene rings is 3. The van der Waals surface area contributed by atoms with E-state index in [1.807, 2.05) is 49.7 Å². The van der Waals surface area contributed by atoms with Crippen molar-refractivity contribution in [3.63, 3.8) is 0 Å². The topological polar surface area (TPSA) is 104 Å². The summed E-state index contributed by atoms with van der Waals surface area (Å²) in [5, 5.41) is 6.61. The molecule has 0 amide bonds. The third-order valence-corrected chi connectivity index (χ3v) is 14.1. The molecule has 3 aromatic carbocycles. The third kappa shape index (κ3) is 18.0. The van der Waals surface area contributed by atoms with Crippen LogP contribution in [0.4, 0.5) is 5.69 Å². The standard InChI is InChI=1S/C57H83N5O4S/c1-8-57(9-2,50-28-24-47(25-29-50)22-23-48-26-35-56(61-67-7)60-38-36-48)51-30-33-53(34-31-51)66-42-19-14-12-10-11-13-17-40-65-41-18-15-16-37-59-52-32-27-49(44-64)54(43-52)46(4)62(6)55(21-20-39-63)45(3)58-5/h24-25,27-34,36,38-39,43-44,48,55,58-59H,3-4,8-23,26,35,37,40-42H2,1-2,5-7H3,(H,60,61). The Kier molecular flexibility index (Phi) is 25.6. The number of aryl methyl sites for hydroxylation is 1. The second-order valence-electron chi connectivity index (χ2n) is 18.0. The predicted octanol–water partition coefficient (Wildman–Crippen LogP) is 13.1. The molecule has 10 heteroatoms. The number of unbranched alkanes of at least 4 members (excludes halogenated alkanes) is 8. The largest absolute Gasteiger partial charge is 0.494 e. The van der Waals surface area contributed by atoms with Gasteiger partial charge in [0.05, 0.1) is 12.6 Å². The van der Waals surface area contributed by atoms with Gasteiger partial charge >= 0.3 is 0 Å². The number of carbonyl (C=O) groups is 2. The molecule has 9 nitrogen and oxygen atoms in total. The first kappa shape index (κ1) is 54.8. The number of rotatable bonds is 35. The fourth-order valence-corrected chi connectivity index (χ4v) is 9.62. The molecule has 3 N–H and O–H groups in total. The molecule has 0 fully saturated rings. The van der Waals surface area contributed by atoms with Crippen molar-refractivity contribution >= 4 is 41.7 Å². The summed E-state index contributed by atoms with van der Waals surface area (Å²) in [4.78, 5) is 29.5. The second kappa shape index (κ2) is 31.3. The lowest BCUT2D eigenvalue weighted by molar-refractivity contribution is -0.108. The molecule has 1 aliphatic heterocycles. The molecular weight excluding hydrogens is 851 g/mol. The molecule has 1 heterocycles. The molecule has 0 radical (unpaired) electrons. The van der Waals surface area contributed by atoms with Gasteiger partial charge in [0.15, 0.2) is 6.29 Å². The van der Waals surface area contributed by atoms with Crippen molar-refractivity contribution in [3.05, 3.63) is 126 Å². The molecule has 3 aromatic rings. The monoisotopic (exact) mass is 934 g/mol. The van der Waals surface area contributed by atoms with Crippen LogP contribution in [-0.4, -0.2) is 76.1 Å². The maximum atomic E-state index is 11.9. The van der Waals surface area contributed by atoms with Gasteiger partial charge in [0.1, 0.15) is 17.9 Å². The van der Waals surface area contributed by atoms with Crippen molar-refractivity contribution in [1.82, 2.24) is 14.9 Å². The zero-order valence-electron chi connectivity index (χ0n) is 41.7. The van der Waals surface area contributed by atoms with Crippen molar-refractivity contribution in [2.45, 2.75) is 141 Å². The summed E-state index contributed by atoms with van der Waals surface area (Å²) in [6.07, 6.45) is 27.2. The van der Waals surface area contributed by atoms with E-state index in [9.17, 15) is 9.59 Å². The highest BCUT2D eigenvalue weighted by Gasteiger charge is 2.30. The predicted molar refractivity (Wildman–Crippen MR) is 285 cm³/mol. The first-order valence-electron chi connectivity index (χ1n) is 25.2. The molecule has 0 aliphatic carbocycles. The Morgan fingerprint density at radius 2 is 1.52 bits per heavy atom. The highest BCUT2D eigenvalue weighted by Crippen LogP contribution is 2.40. The Bertz CT molecular complexity index is 1980. The second-order valence-corrected chi connectivity index (χ2v) is 18.6. The number of likely N-dealkylation sites (N-methyl/N-ethyl adjacent to an activating group) is 2. The smallest absolute Gasteiger partial charge is 0.150 e. The van der Waals surface area contributed by atoms with Crippen LogP contribution < -0.4 is 20.1 Å². The first-order valence-corrected chi connectivity index (χ1v) is 26.4. The molecule has 0 spiro atoms. The Hall–Kier alpha value is -4.80. The minimum atomic E-state index is -0.123. The number of amidine groups is 1. The van der Waals surface area contributed by atoms with Gasteiger partial charge in [0.25, 0.3) is 0 Å². The fraction of sp³-hybridized carbons (Fsp3) is 0.526. The van der Waals surface area contributed by atoms with Crippen LogP contribution in [0.3, 0.4) is 0 Å². The van der Waals surface area contributed by atoms with Crippen LogP contribution in [0, 0.1) is 5.92 Å². The normalized spacial score (nSPS) is 14.1. The molecule has 0 saturated carbocycles. The lowest BCUT2D eigenvalue weighted by Gasteiger charge is -2.33. The van der Waals surface area contributed by atoms with Gasteiger partial charge in [-0.05, 0) is 124 Å². The molecule has 1 aliphatic rings. The number of carbonyl (C=O) groups excluding carboxylic acids is 2. The number of ether oxygens (including phenoxy) is 2. The number of nitrogens with one attached hydrogen (secondary N) is 3. The summed E-state index contributed by atoms with van der Waals surface area (Å²) in [5.41, 5.74) is 7.97. The van der Waals surface area contributed by atoms with E-state index in [4.69, 9.17) is 9.47 Å². The molecule has 0 bridgehead atoms. The van der Waals surface area contributed by atoms with Crippen LogP contribution in [0.15, 0.2) is 103 Å². The van der Waals surface area contributed by atoms with Gasteiger partial charge in [0, 0.05) is 92.8 Å². The third-order valence-electron chi connectivity index (χ3n) is 13.6. The van der Waals surface area contributed by atoms with Crippen LogP contribution in [0.1, 0.15) is 156 Å². The van der Waals surface area contributed by atoms with Crippen molar-refractivity contribution in [2.75, 3.05) is 52.0 Å². The van der Waals surface area contributed by atoms with Crippen LogP contribution >= 0.6 is 11.9 Å². The van der Waals surface area contributed by atoms with E-state index < -0.39 is 0 Å². The van der Waals surface area contributed by atoms with Crippen LogP contribution in [0.5, 0.6) is 5.75 Å². The van der Waals surface area contributed by atoms with Gasteiger partial charge < -0.3 is 34.5 Å². The van der Waals surface area contributed by atoms with E-state index in [2.05, 4.69) is 102 Å². The van der Waals surface area contributed by atoms with Gasteiger partial charge in [0.2, 0.25) is 0 Å². The van der Waals surface area contributed by atoms with E-state index >= 15 is 0 Å². The maximum absolute atomic E-state index is 11.9. The quantitative estimate of drug-likeness (QED) is 0.0302. The highest BCUT2D eigenvalue weighted by atomic mass is 32.2. The summed E-state index contributed by atoms with van der Waals surface area (Å²) < 4.78 is 15.4. The number of nitrogens with zero attached hydrogens (tertiary/aromatic N) is 2. The molecule has 366 valence electrons. The highest BCUT2D eigenvalue weighted by molar-refractivity contribution is 7.97. The van der Waals surface area contributed by atoms with E-state index in [-0.39, 0.29) is 11.5 Å². The summed E-state index contributed by atoms with van der Waals surface area (Å²) in [5.74, 6) is 2.61. The minimum Gasteiger partial charge on any atom is -0.494 e. The molecular formula is C57H83N5O4S. The number of aldehydes is 2. The van der Waals surface area contributed by atoms with Gasteiger partial charge in [-0.3, -0.25) is 4.79 Å². The fourth-order valence-electron chi connectivity index (χ4n) is 9.23. The van der Waals surface area contributed by atoms with Gasteiger partial charge in [-0.2, -0.15) is 0 Å². The van der Waals surface area contributed by atoms with Crippen molar-refractivity contribution in [3.8, 4) is 5.75 Å². The van der Waals surface area contributed by atoms with E-state index in [0.29, 0.717) is 30.0 Å². The molecule has 0 saturated heterocycles. The zero-order valence-corrected chi connectivity index (χ0v) is 42.5. The number of hydrogen-bond donors (Lipinski definition) is 3. The van der Waals surface area contributed by atoms with Gasteiger partial charge in [-0.1, -0.05) is 114 Å². The average molecular weight is 934 g/mol. The summed E-state index contributed by atoms with van der Waals surface area (Å²) in [6, 6.07) is 24.0. The van der Waals surface area contributed by atoms with Crippen LogP contribution in [0.2, 0.25) is 0 Å². The van der Waals surface area contributed by atoms with Gasteiger partial charge in [-0.25, -0.2) is 4.99 Å². The Labute approximate surface area is 409 Å².